The molecule has 0 spiro atoms. The van der Waals surface area contributed by atoms with E-state index in [2.05, 4.69) is 6.58 Å². The third-order valence-corrected chi connectivity index (χ3v) is 2.69. The Balaban J connectivity index is 2.53. The highest BCUT2D eigenvalue weighted by atomic mass is 19.1. The van der Waals surface area contributed by atoms with Crippen LogP contribution in [-0.2, 0) is 5.60 Å². The number of hydrogen-bond acceptors (Lipinski definition) is 2. The van der Waals surface area contributed by atoms with E-state index in [1.165, 1.54) is 6.92 Å². The van der Waals surface area contributed by atoms with Gasteiger partial charge in [0.05, 0.1) is 0 Å². The Hall–Kier alpha value is -1.68. The van der Waals surface area contributed by atoms with Gasteiger partial charge >= 0.3 is 0 Å². The zero-order chi connectivity index (χ0) is 12.6. The van der Waals surface area contributed by atoms with E-state index in [4.69, 9.17) is 4.74 Å². The zero-order valence-corrected chi connectivity index (χ0v) is 9.34. The highest BCUT2D eigenvalue weighted by Gasteiger charge is 2.41. The SMILES string of the molecule is C=CC/C=C1\Oc2c(F)cc(F)cc2C1(C)O. The summed E-state index contributed by atoms with van der Waals surface area (Å²) in [5, 5.41) is 10.2. The molecule has 1 unspecified atom stereocenters. The average molecular weight is 238 g/mol. The minimum absolute atomic E-state index is 0.102. The Morgan fingerprint density at radius 1 is 1.47 bits per heavy atom. The Labute approximate surface area is 97.8 Å². The molecule has 1 heterocycles. The Morgan fingerprint density at radius 2 is 2.18 bits per heavy atom. The highest BCUT2D eigenvalue weighted by molar-refractivity contribution is 5.49. The van der Waals surface area contributed by atoms with Crippen molar-refractivity contribution in [2.75, 3.05) is 0 Å². The van der Waals surface area contributed by atoms with Crippen molar-refractivity contribution in [1.29, 1.82) is 0 Å². The van der Waals surface area contributed by atoms with Gasteiger partial charge in [-0.25, -0.2) is 8.78 Å². The Bertz CT molecular complexity index is 504. The van der Waals surface area contributed by atoms with Crippen molar-refractivity contribution in [2.24, 2.45) is 0 Å². The van der Waals surface area contributed by atoms with E-state index in [1.54, 1.807) is 12.2 Å². The van der Waals surface area contributed by atoms with Crippen LogP contribution in [-0.4, -0.2) is 5.11 Å². The predicted octanol–water partition coefficient (Wildman–Crippen LogP) is 3.02. The van der Waals surface area contributed by atoms with Gasteiger partial charge in [-0.2, -0.15) is 0 Å². The Kier molecular flexibility index (Phi) is 2.75. The topological polar surface area (TPSA) is 29.5 Å². The maximum atomic E-state index is 13.5. The molecule has 1 aromatic carbocycles. The fourth-order valence-corrected chi connectivity index (χ4v) is 1.80. The van der Waals surface area contributed by atoms with E-state index in [1.807, 2.05) is 0 Å². The first-order valence-electron chi connectivity index (χ1n) is 5.18. The van der Waals surface area contributed by atoms with Crippen LogP contribution >= 0.6 is 0 Å². The number of fused-ring (bicyclic) bond motifs is 1. The first kappa shape index (κ1) is 11.8. The van der Waals surface area contributed by atoms with Crippen molar-refractivity contribution in [3.05, 3.63) is 53.8 Å². The van der Waals surface area contributed by atoms with Gasteiger partial charge in [0.2, 0.25) is 0 Å². The fraction of sp³-hybridized carbons (Fsp3) is 0.231. The number of ether oxygens (including phenoxy) is 1. The summed E-state index contributed by atoms with van der Waals surface area (Å²) in [6.07, 6.45) is 3.68. The molecule has 2 rings (SSSR count). The third kappa shape index (κ3) is 1.85. The highest BCUT2D eigenvalue weighted by Crippen LogP contribution is 2.45. The lowest BCUT2D eigenvalue weighted by Gasteiger charge is -2.16. The summed E-state index contributed by atoms with van der Waals surface area (Å²) >= 11 is 0. The van der Waals surface area contributed by atoms with Crippen LogP contribution in [0.2, 0.25) is 0 Å². The number of hydrogen-bond donors (Lipinski definition) is 1. The zero-order valence-electron chi connectivity index (χ0n) is 9.34. The molecule has 0 amide bonds. The van der Waals surface area contributed by atoms with Crippen LogP contribution in [0.4, 0.5) is 8.78 Å². The summed E-state index contributed by atoms with van der Waals surface area (Å²) in [6.45, 7) is 4.97. The number of aliphatic hydroxyl groups is 1. The van der Waals surface area contributed by atoms with E-state index >= 15 is 0 Å². The summed E-state index contributed by atoms with van der Waals surface area (Å²) in [4.78, 5) is 0. The van der Waals surface area contributed by atoms with Gasteiger partial charge in [-0.3, -0.25) is 0 Å². The minimum Gasteiger partial charge on any atom is -0.455 e. The van der Waals surface area contributed by atoms with Crippen LogP contribution in [0.15, 0.2) is 36.6 Å². The van der Waals surface area contributed by atoms with Gasteiger partial charge in [0, 0.05) is 11.6 Å². The van der Waals surface area contributed by atoms with Crippen molar-refractivity contribution >= 4 is 0 Å². The van der Waals surface area contributed by atoms with Crippen LogP contribution in [0.3, 0.4) is 0 Å². The van der Waals surface area contributed by atoms with Crippen molar-refractivity contribution in [3.63, 3.8) is 0 Å². The molecule has 0 bridgehead atoms. The molecule has 0 fully saturated rings. The molecule has 0 saturated carbocycles. The molecule has 2 nitrogen and oxygen atoms in total. The quantitative estimate of drug-likeness (QED) is 0.802. The van der Waals surface area contributed by atoms with E-state index in [-0.39, 0.29) is 17.1 Å². The van der Waals surface area contributed by atoms with Gasteiger partial charge in [0.25, 0.3) is 0 Å². The summed E-state index contributed by atoms with van der Waals surface area (Å²) < 4.78 is 31.8. The predicted molar refractivity (Wildman–Crippen MR) is 59.5 cm³/mol. The molecule has 0 radical (unpaired) electrons. The van der Waals surface area contributed by atoms with Crippen LogP contribution in [0, 0.1) is 11.6 Å². The van der Waals surface area contributed by atoms with Crippen LogP contribution in [0.1, 0.15) is 18.9 Å². The van der Waals surface area contributed by atoms with Gasteiger partial charge in [-0.15, -0.1) is 6.58 Å². The van der Waals surface area contributed by atoms with Gasteiger partial charge in [0.15, 0.2) is 11.6 Å². The molecule has 1 aliphatic rings. The maximum absolute atomic E-state index is 13.5. The largest absolute Gasteiger partial charge is 0.455 e. The standard InChI is InChI=1S/C13H12F2O2/c1-3-4-5-11-13(2,16)9-6-8(14)7-10(15)12(9)17-11/h3,5-7,16H,1,4H2,2H3/b11-5-. The van der Waals surface area contributed by atoms with Gasteiger partial charge in [0.1, 0.15) is 17.2 Å². The lowest BCUT2D eigenvalue weighted by Crippen LogP contribution is -2.20. The monoisotopic (exact) mass is 238 g/mol. The van der Waals surface area contributed by atoms with Crippen molar-refractivity contribution in [1.82, 2.24) is 0 Å². The fourth-order valence-electron chi connectivity index (χ4n) is 1.80. The third-order valence-electron chi connectivity index (χ3n) is 2.69. The molecule has 4 heteroatoms. The molecule has 1 aliphatic heterocycles. The second-order valence-corrected chi connectivity index (χ2v) is 4.03. The second-order valence-electron chi connectivity index (χ2n) is 4.03. The van der Waals surface area contributed by atoms with Crippen LogP contribution in [0.5, 0.6) is 5.75 Å². The first-order chi connectivity index (χ1) is 7.96. The molecular weight excluding hydrogens is 226 g/mol. The molecule has 0 saturated heterocycles. The first-order valence-corrected chi connectivity index (χ1v) is 5.18. The number of benzene rings is 1. The lowest BCUT2D eigenvalue weighted by atomic mass is 9.95. The van der Waals surface area contributed by atoms with E-state index in [0.29, 0.717) is 6.42 Å². The van der Waals surface area contributed by atoms with Crippen molar-refractivity contribution in [3.8, 4) is 5.75 Å². The smallest absolute Gasteiger partial charge is 0.169 e. The van der Waals surface area contributed by atoms with Crippen molar-refractivity contribution in [2.45, 2.75) is 18.9 Å². The summed E-state index contributed by atoms with van der Waals surface area (Å²) in [5.41, 5.74) is -1.41. The van der Waals surface area contributed by atoms with Crippen LogP contribution in [0.25, 0.3) is 0 Å². The van der Waals surface area contributed by atoms with Crippen LogP contribution < -0.4 is 4.74 Å². The van der Waals surface area contributed by atoms with E-state index in [0.717, 1.165) is 12.1 Å². The summed E-state index contributed by atoms with van der Waals surface area (Å²) in [7, 11) is 0. The number of halogens is 2. The summed E-state index contributed by atoms with van der Waals surface area (Å²) in [5.74, 6) is -1.49. The molecule has 1 aromatic rings. The van der Waals surface area contributed by atoms with E-state index < -0.39 is 17.2 Å². The maximum Gasteiger partial charge on any atom is 0.169 e. The Morgan fingerprint density at radius 3 is 2.82 bits per heavy atom. The number of rotatable bonds is 2. The summed E-state index contributed by atoms with van der Waals surface area (Å²) in [6, 6.07) is 1.80. The molecule has 90 valence electrons. The van der Waals surface area contributed by atoms with Gasteiger partial charge in [-0.05, 0) is 25.5 Å². The normalized spacial score (nSPS) is 24.6. The molecule has 0 aliphatic carbocycles. The molecule has 1 N–H and O–H groups in total. The van der Waals surface area contributed by atoms with Gasteiger partial charge < -0.3 is 9.84 Å². The molecule has 17 heavy (non-hydrogen) atoms. The average Bonchev–Trinajstić information content (AvgIpc) is 2.49. The van der Waals surface area contributed by atoms with Gasteiger partial charge in [-0.1, -0.05) is 6.08 Å². The minimum atomic E-state index is -1.51. The second kappa shape index (κ2) is 3.96. The molecule has 0 aromatic heterocycles. The molecule has 1 atom stereocenters. The number of allylic oxidation sites excluding steroid dienone is 2. The van der Waals surface area contributed by atoms with Crippen molar-refractivity contribution < 1.29 is 18.6 Å². The lowest BCUT2D eigenvalue weighted by molar-refractivity contribution is 0.0791. The van der Waals surface area contributed by atoms with E-state index in [9.17, 15) is 13.9 Å². The molecular formula is C13H12F2O2.